The van der Waals surface area contributed by atoms with Crippen LogP contribution in [0.25, 0.3) is 0 Å². The van der Waals surface area contributed by atoms with E-state index in [1.807, 2.05) is 0 Å². The largest absolute Gasteiger partial charge is 0.494 e. The molecule has 0 bridgehead atoms. The zero-order chi connectivity index (χ0) is 9.84. The molecule has 0 aliphatic rings. The molecular formula is C9H10BrFO2. The number of ether oxygens (including phenoxy) is 1. The van der Waals surface area contributed by atoms with Gasteiger partial charge in [0.1, 0.15) is 0 Å². The predicted molar refractivity (Wildman–Crippen MR) is 51.4 cm³/mol. The van der Waals surface area contributed by atoms with Crippen LogP contribution in [0, 0.1) is 5.82 Å². The minimum atomic E-state index is -0.413. The third kappa shape index (κ3) is 2.42. The van der Waals surface area contributed by atoms with Gasteiger partial charge in [-0.3, -0.25) is 0 Å². The van der Waals surface area contributed by atoms with Crippen molar-refractivity contribution in [1.29, 1.82) is 0 Å². The fourth-order valence-electron chi connectivity index (χ4n) is 1.04. The second-order valence-corrected chi connectivity index (χ2v) is 3.42. The van der Waals surface area contributed by atoms with Crippen LogP contribution in [0.2, 0.25) is 0 Å². The lowest BCUT2D eigenvalue weighted by Gasteiger charge is -2.06. The van der Waals surface area contributed by atoms with Crippen molar-refractivity contribution in [3.05, 3.63) is 28.0 Å². The third-order valence-corrected chi connectivity index (χ3v) is 2.25. The van der Waals surface area contributed by atoms with E-state index < -0.39 is 5.82 Å². The number of hydrogen-bond donors (Lipinski definition) is 1. The summed E-state index contributed by atoms with van der Waals surface area (Å²) >= 11 is 3.07. The van der Waals surface area contributed by atoms with E-state index in [4.69, 9.17) is 9.84 Å². The summed E-state index contributed by atoms with van der Waals surface area (Å²) < 4.78 is 18.4. The zero-order valence-corrected chi connectivity index (χ0v) is 8.77. The number of aliphatic hydroxyl groups excluding tert-OH is 1. The van der Waals surface area contributed by atoms with Crippen LogP contribution in [0.3, 0.4) is 0 Å². The van der Waals surface area contributed by atoms with E-state index in [0.717, 1.165) is 5.56 Å². The molecule has 1 aromatic rings. The van der Waals surface area contributed by atoms with Crippen molar-refractivity contribution < 1.29 is 14.2 Å². The molecule has 13 heavy (non-hydrogen) atoms. The number of benzene rings is 1. The van der Waals surface area contributed by atoms with E-state index in [-0.39, 0.29) is 12.4 Å². The first kappa shape index (κ1) is 10.5. The number of hydrogen-bond acceptors (Lipinski definition) is 2. The van der Waals surface area contributed by atoms with E-state index >= 15 is 0 Å². The molecule has 4 heteroatoms. The molecule has 0 spiro atoms. The summed E-state index contributed by atoms with van der Waals surface area (Å²) in [7, 11) is 1.41. The number of methoxy groups -OCH3 is 1. The van der Waals surface area contributed by atoms with Crippen LogP contribution in [0.5, 0.6) is 5.75 Å². The standard InChI is InChI=1S/C9H10BrFO2/c1-13-8-5-6(2-3-12)4-7(10)9(8)11/h4-5,12H,2-3H2,1H3. The number of halogens is 2. The van der Waals surface area contributed by atoms with E-state index in [2.05, 4.69) is 15.9 Å². The van der Waals surface area contributed by atoms with E-state index in [0.29, 0.717) is 10.9 Å². The van der Waals surface area contributed by atoms with Gasteiger partial charge in [0.2, 0.25) is 0 Å². The molecule has 1 aromatic carbocycles. The SMILES string of the molecule is COc1cc(CCO)cc(Br)c1F. The molecule has 0 heterocycles. The van der Waals surface area contributed by atoms with Crippen molar-refractivity contribution in [3.63, 3.8) is 0 Å². The Labute approximate surface area is 84.5 Å². The van der Waals surface area contributed by atoms with Crippen LogP contribution >= 0.6 is 15.9 Å². The highest BCUT2D eigenvalue weighted by atomic mass is 79.9. The molecule has 0 radical (unpaired) electrons. The molecule has 1 rings (SSSR count). The molecule has 0 aromatic heterocycles. The molecule has 1 N–H and O–H groups in total. The van der Waals surface area contributed by atoms with Crippen LogP contribution < -0.4 is 4.74 Å². The maximum Gasteiger partial charge on any atom is 0.179 e. The smallest absolute Gasteiger partial charge is 0.179 e. The molecule has 72 valence electrons. The molecule has 0 unspecified atom stereocenters. The molecule has 2 nitrogen and oxygen atoms in total. The maximum atomic E-state index is 13.2. The van der Waals surface area contributed by atoms with Gasteiger partial charge in [-0.15, -0.1) is 0 Å². The molecular weight excluding hydrogens is 239 g/mol. The Kier molecular flexibility index (Phi) is 3.69. The molecule has 0 aliphatic carbocycles. The Hall–Kier alpha value is -0.610. The highest BCUT2D eigenvalue weighted by molar-refractivity contribution is 9.10. The highest BCUT2D eigenvalue weighted by Crippen LogP contribution is 2.26. The summed E-state index contributed by atoms with van der Waals surface area (Å²) in [5.74, 6) is -0.220. The van der Waals surface area contributed by atoms with E-state index in [1.165, 1.54) is 7.11 Å². The van der Waals surface area contributed by atoms with Crippen molar-refractivity contribution in [2.45, 2.75) is 6.42 Å². The fourth-order valence-corrected chi connectivity index (χ4v) is 1.53. The average Bonchev–Trinajstić information content (AvgIpc) is 2.11. The quantitative estimate of drug-likeness (QED) is 0.889. The molecule has 0 aliphatic heterocycles. The Morgan fingerprint density at radius 2 is 2.23 bits per heavy atom. The first-order valence-electron chi connectivity index (χ1n) is 3.81. The maximum absolute atomic E-state index is 13.2. The Bertz CT molecular complexity index is 302. The van der Waals surface area contributed by atoms with Crippen molar-refractivity contribution in [2.24, 2.45) is 0 Å². The summed E-state index contributed by atoms with van der Waals surface area (Å²) in [5, 5.41) is 8.69. The summed E-state index contributed by atoms with van der Waals surface area (Å²) in [6.45, 7) is 0.0429. The van der Waals surface area contributed by atoms with Gasteiger partial charge in [0.15, 0.2) is 11.6 Å². The van der Waals surface area contributed by atoms with Gasteiger partial charge in [0.05, 0.1) is 11.6 Å². The third-order valence-electron chi connectivity index (χ3n) is 1.68. The van der Waals surface area contributed by atoms with Crippen molar-refractivity contribution in [2.75, 3.05) is 13.7 Å². The van der Waals surface area contributed by atoms with Crippen molar-refractivity contribution >= 4 is 15.9 Å². The minimum absolute atomic E-state index is 0.0429. The summed E-state index contributed by atoms with van der Waals surface area (Å²) in [5.41, 5.74) is 0.840. The molecule has 0 atom stereocenters. The van der Waals surface area contributed by atoms with Crippen LogP contribution in [0.4, 0.5) is 4.39 Å². The Morgan fingerprint density at radius 1 is 1.54 bits per heavy atom. The van der Waals surface area contributed by atoms with Gasteiger partial charge in [0.25, 0.3) is 0 Å². The Balaban J connectivity index is 3.06. The lowest BCUT2D eigenvalue weighted by molar-refractivity contribution is 0.299. The van der Waals surface area contributed by atoms with Crippen molar-refractivity contribution in [3.8, 4) is 5.75 Å². The average molecular weight is 249 g/mol. The van der Waals surface area contributed by atoms with Gasteiger partial charge >= 0.3 is 0 Å². The predicted octanol–water partition coefficient (Wildman–Crippen LogP) is 2.13. The van der Waals surface area contributed by atoms with Crippen LogP contribution in [0.15, 0.2) is 16.6 Å². The molecule has 0 saturated heterocycles. The lowest BCUT2D eigenvalue weighted by Crippen LogP contribution is -1.95. The van der Waals surface area contributed by atoms with E-state index in [9.17, 15) is 4.39 Å². The lowest BCUT2D eigenvalue weighted by atomic mass is 10.1. The molecule has 0 fully saturated rings. The number of rotatable bonds is 3. The van der Waals surface area contributed by atoms with Crippen LogP contribution in [-0.2, 0) is 6.42 Å². The summed E-state index contributed by atoms with van der Waals surface area (Å²) in [4.78, 5) is 0. The van der Waals surface area contributed by atoms with Gasteiger partial charge in [-0.2, -0.15) is 0 Å². The summed E-state index contributed by atoms with van der Waals surface area (Å²) in [6.07, 6.45) is 0.495. The van der Waals surface area contributed by atoms with Gasteiger partial charge < -0.3 is 9.84 Å². The first-order valence-corrected chi connectivity index (χ1v) is 4.61. The summed E-state index contributed by atoms with van der Waals surface area (Å²) in [6, 6.07) is 3.21. The van der Waals surface area contributed by atoms with E-state index in [1.54, 1.807) is 12.1 Å². The normalized spacial score (nSPS) is 10.2. The topological polar surface area (TPSA) is 29.5 Å². The van der Waals surface area contributed by atoms with Crippen LogP contribution in [0.1, 0.15) is 5.56 Å². The molecule has 0 amide bonds. The second kappa shape index (κ2) is 4.58. The van der Waals surface area contributed by atoms with Gasteiger partial charge in [-0.25, -0.2) is 4.39 Å². The highest BCUT2D eigenvalue weighted by Gasteiger charge is 2.08. The fraction of sp³-hybridized carbons (Fsp3) is 0.333. The monoisotopic (exact) mass is 248 g/mol. The number of aliphatic hydroxyl groups is 1. The molecule has 0 saturated carbocycles. The van der Waals surface area contributed by atoms with Crippen molar-refractivity contribution in [1.82, 2.24) is 0 Å². The van der Waals surface area contributed by atoms with Gasteiger partial charge in [0, 0.05) is 6.61 Å². The minimum Gasteiger partial charge on any atom is -0.494 e. The Morgan fingerprint density at radius 3 is 2.77 bits per heavy atom. The zero-order valence-electron chi connectivity index (χ0n) is 7.18. The van der Waals surface area contributed by atoms with Gasteiger partial charge in [-0.05, 0) is 40.0 Å². The van der Waals surface area contributed by atoms with Gasteiger partial charge in [-0.1, -0.05) is 0 Å². The first-order chi connectivity index (χ1) is 6.19. The second-order valence-electron chi connectivity index (χ2n) is 2.57. The van der Waals surface area contributed by atoms with Crippen LogP contribution in [-0.4, -0.2) is 18.8 Å².